The fourth-order valence-electron chi connectivity index (χ4n) is 2.85. The van der Waals surface area contributed by atoms with Crippen LogP contribution >= 0.6 is 11.6 Å². The van der Waals surface area contributed by atoms with Crippen molar-refractivity contribution in [3.63, 3.8) is 0 Å². The van der Waals surface area contributed by atoms with Crippen LogP contribution in [-0.2, 0) is 14.8 Å². The average Bonchev–Trinajstić information content (AvgIpc) is 2.55. The minimum absolute atomic E-state index is 0.137. The Morgan fingerprint density at radius 2 is 1.70 bits per heavy atom. The summed E-state index contributed by atoms with van der Waals surface area (Å²) >= 11 is 5.78. The number of benzene rings is 1. The summed E-state index contributed by atoms with van der Waals surface area (Å²) in [6, 6.07) is 6.17. The Kier molecular flexibility index (Phi) is 6.06. The zero-order valence-electron chi connectivity index (χ0n) is 13.5. The summed E-state index contributed by atoms with van der Waals surface area (Å²) in [4.78, 5) is 14.2. The van der Waals surface area contributed by atoms with E-state index in [1.807, 2.05) is 0 Å². The van der Waals surface area contributed by atoms with Crippen LogP contribution < -0.4 is 0 Å². The fourth-order valence-corrected chi connectivity index (χ4v) is 4.09. The first-order valence-electron chi connectivity index (χ1n) is 7.80. The molecule has 1 saturated carbocycles. The molecule has 0 aromatic heterocycles. The van der Waals surface area contributed by atoms with Crippen LogP contribution in [0, 0.1) is 0 Å². The maximum absolute atomic E-state index is 12.5. The van der Waals surface area contributed by atoms with E-state index < -0.39 is 10.0 Å². The molecule has 7 heteroatoms. The maximum atomic E-state index is 12.5. The number of amides is 1. The van der Waals surface area contributed by atoms with Crippen LogP contribution in [0.15, 0.2) is 29.2 Å². The number of halogens is 1. The Bertz CT molecular complexity index is 640. The zero-order valence-corrected chi connectivity index (χ0v) is 15.1. The van der Waals surface area contributed by atoms with Gasteiger partial charge in [-0.2, -0.15) is 4.31 Å². The van der Waals surface area contributed by atoms with E-state index in [1.54, 1.807) is 11.9 Å². The second kappa shape index (κ2) is 7.64. The van der Waals surface area contributed by atoms with Crippen molar-refractivity contribution in [1.29, 1.82) is 0 Å². The molecule has 1 aliphatic rings. The first-order valence-corrected chi connectivity index (χ1v) is 9.62. The van der Waals surface area contributed by atoms with E-state index in [0.29, 0.717) is 5.02 Å². The minimum atomic E-state index is -3.69. The van der Waals surface area contributed by atoms with Gasteiger partial charge < -0.3 is 4.90 Å². The van der Waals surface area contributed by atoms with Gasteiger partial charge >= 0.3 is 0 Å². The summed E-state index contributed by atoms with van der Waals surface area (Å²) in [5, 5.41) is 0.472. The lowest BCUT2D eigenvalue weighted by atomic mass is 9.94. The molecule has 0 radical (unpaired) electrons. The number of nitrogens with zero attached hydrogens (tertiary/aromatic N) is 2. The van der Waals surface area contributed by atoms with Crippen LogP contribution in [-0.4, -0.2) is 50.2 Å². The van der Waals surface area contributed by atoms with Gasteiger partial charge in [-0.3, -0.25) is 4.79 Å². The van der Waals surface area contributed by atoms with Crippen LogP contribution in [0.3, 0.4) is 0 Å². The van der Waals surface area contributed by atoms with Crippen molar-refractivity contribution in [2.24, 2.45) is 0 Å². The van der Waals surface area contributed by atoms with Gasteiger partial charge in [0, 0.05) is 25.2 Å². The highest BCUT2D eigenvalue weighted by atomic mass is 35.5. The normalized spacial score (nSPS) is 16.5. The summed E-state index contributed by atoms with van der Waals surface area (Å²) in [6.07, 6.45) is 5.46. The number of hydrogen-bond donors (Lipinski definition) is 0. The molecule has 0 bridgehead atoms. The first-order chi connectivity index (χ1) is 10.8. The van der Waals surface area contributed by atoms with Gasteiger partial charge in [0.1, 0.15) is 0 Å². The summed E-state index contributed by atoms with van der Waals surface area (Å²) in [5.41, 5.74) is 0. The Morgan fingerprint density at radius 1 is 1.13 bits per heavy atom. The van der Waals surface area contributed by atoms with E-state index >= 15 is 0 Å². The second-order valence-corrected chi connectivity index (χ2v) is 8.49. The Labute approximate surface area is 143 Å². The average molecular weight is 359 g/mol. The van der Waals surface area contributed by atoms with Crippen LogP contribution in [0.2, 0.25) is 5.02 Å². The molecule has 2 rings (SSSR count). The van der Waals surface area contributed by atoms with E-state index in [0.717, 1.165) is 30.0 Å². The second-order valence-electron chi connectivity index (χ2n) is 6.01. The summed E-state index contributed by atoms with van der Waals surface area (Å²) in [5.74, 6) is -0.170. The van der Waals surface area contributed by atoms with Gasteiger partial charge in [-0.25, -0.2) is 8.42 Å². The lowest BCUT2D eigenvalue weighted by molar-refractivity contribution is -0.132. The number of carbonyl (C=O) groups is 1. The lowest BCUT2D eigenvalue weighted by Crippen LogP contribution is -2.44. The molecule has 1 amide bonds. The van der Waals surface area contributed by atoms with Crippen molar-refractivity contribution in [1.82, 2.24) is 9.21 Å². The van der Waals surface area contributed by atoms with E-state index in [2.05, 4.69) is 0 Å². The molecule has 0 heterocycles. The van der Waals surface area contributed by atoms with Crippen molar-refractivity contribution in [3.8, 4) is 0 Å². The van der Waals surface area contributed by atoms with Gasteiger partial charge in [0.2, 0.25) is 15.9 Å². The number of hydrogen-bond acceptors (Lipinski definition) is 3. The Morgan fingerprint density at radius 3 is 2.26 bits per heavy atom. The molecule has 0 unspecified atom stereocenters. The fraction of sp³-hybridized carbons (Fsp3) is 0.562. The third-order valence-corrected chi connectivity index (χ3v) is 6.47. The van der Waals surface area contributed by atoms with Gasteiger partial charge in [-0.1, -0.05) is 30.9 Å². The van der Waals surface area contributed by atoms with Crippen molar-refractivity contribution in [3.05, 3.63) is 29.3 Å². The highest BCUT2D eigenvalue weighted by Gasteiger charge is 2.27. The predicted molar refractivity (Wildman–Crippen MR) is 90.9 cm³/mol. The zero-order chi connectivity index (χ0) is 17.0. The molecule has 1 aromatic carbocycles. The van der Waals surface area contributed by atoms with Crippen molar-refractivity contribution in [2.75, 3.05) is 20.6 Å². The quantitative estimate of drug-likeness (QED) is 0.813. The Balaban J connectivity index is 2.03. The number of sulfonamides is 1. The van der Waals surface area contributed by atoms with Gasteiger partial charge in [0.15, 0.2) is 0 Å². The van der Waals surface area contributed by atoms with Crippen LogP contribution in [0.1, 0.15) is 32.1 Å². The lowest BCUT2D eigenvalue weighted by Gasteiger charge is -2.32. The molecule has 0 saturated heterocycles. The van der Waals surface area contributed by atoms with E-state index in [-0.39, 0.29) is 23.4 Å². The van der Waals surface area contributed by atoms with Gasteiger partial charge in [-0.15, -0.1) is 0 Å². The molecule has 5 nitrogen and oxygen atoms in total. The predicted octanol–water partition coefficient (Wildman–Crippen LogP) is 2.75. The molecule has 0 aliphatic heterocycles. The number of carbonyl (C=O) groups excluding carboxylic acids is 1. The van der Waals surface area contributed by atoms with E-state index in [9.17, 15) is 13.2 Å². The third-order valence-electron chi connectivity index (χ3n) is 4.40. The molecular formula is C16H23ClN2O3S. The van der Waals surface area contributed by atoms with Crippen molar-refractivity contribution < 1.29 is 13.2 Å². The molecular weight excluding hydrogens is 336 g/mol. The molecule has 1 fully saturated rings. The Hall–Kier alpha value is -1.11. The molecule has 1 aliphatic carbocycles. The van der Waals surface area contributed by atoms with Crippen LogP contribution in [0.25, 0.3) is 0 Å². The monoisotopic (exact) mass is 358 g/mol. The SMILES string of the molecule is CN(C(=O)CN(C)S(=O)(=O)c1ccc(Cl)cc1)C1CCCCC1. The van der Waals surface area contributed by atoms with Crippen molar-refractivity contribution >= 4 is 27.5 Å². The topological polar surface area (TPSA) is 57.7 Å². The smallest absolute Gasteiger partial charge is 0.243 e. The van der Waals surface area contributed by atoms with Gasteiger partial charge in [0.05, 0.1) is 11.4 Å². The number of rotatable bonds is 5. The standard InChI is InChI=1S/C16H23ClN2O3S/c1-18(23(21,22)15-10-8-13(17)9-11-15)12-16(20)19(2)14-6-4-3-5-7-14/h8-11,14H,3-7,12H2,1-2H3. The van der Waals surface area contributed by atoms with Crippen molar-refractivity contribution in [2.45, 2.75) is 43.0 Å². The summed E-state index contributed by atoms with van der Waals surface area (Å²) in [6.45, 7) is -0.155. The van der Waals surface area contributed by atoms with Gasteiger partial charge in [-0.05, 0) is 37.1 Å². The van der Waals surface area contributed by atoms with Crippen LogP contribution in [0.4, 0.5) is 0 Å². The minimum Gasteiger partial charge on any atom is -0.342 e. The highest BCUT2D eigenvalue weighted by molar-refractivity contribution is 7.89. The van der Waals surface area contributed by atoms with Crippen LogP contribution in [0.5, 0.6) is 0 Å². The molecule has 0 atom stereocenters. The molecule has 1 aromatic rings. The van der Waals surface area contributed by atoms with E-state index in [1.165, 1.54) is 37.7 Å². The summed E-state index contributed by atoms with van der Waals surface area (Å²) in [7, 11) is -0.496. The maximum Gasteiger partial charge on any atom is 0.243 e. The molecule has 23 heavy (non-hydrogen) atoms. The highest BCUT2D eigenvalue weighted by Crippen LogP contribution is 2.22. The third kappa shape index (κ3) is 4.46. The van der Waals surface area contributed by atoms with Gasteiger partial charge in [0.25, 0.3) is 0 Å². The summed E-state index contributed by atoms with van der Waals surface area (Å²) < 4.78 is 26.1. The van der Waals surface area contributed by atoms with E-state index in [4.69, 9.17) is 11.6 Å². The molecule has 0 N–H and O–H groups in total. The molecule has 128 valence electrons. The largest absolute Gasteiger partial charge is 0.342 e. The molecule has 0 spiro atoms. The number of likely N-dealkylation sites (N-methyl/N-ethyl adjacent to an activating group) is 2. The first kappa shape index (κ1) is 18.2.